The average Bonchev–Trinajstić information content (AvgIpc) is 3.20. The first-order chi connectivity index (χ1) is 8.58. The molecule has 1 saturated heterocycles. The van der Waals surface area contributed by atoms with E-state index in [2.05, 4.69) is 10.4 Å². The third kappa shape index (κ3) is 3.10. The van der Waals surface area contributed by atoms with Gasteiger partial charge in [-0.1, -0.05) is 6.92 Å². The summed E-state index contributed by atoms with van der Waals surface area (Å²) in [7, 11) is -3.11. The second kappa shape index (κ2) is 5.66. The zero-order valence-corrected chi connectivity index (χ0v) is 12.1. The van der Waals surface area contributed by atoms with Crippen molar-refractivity contribution in [3.05, 3.63) is 0 Å². The number of nitrogens with zero attached hydrogens (tertiary/aromatic N) is 2. The summed E-state index contributed by atoms with van der Waals surface area (Å²) in [6.45, 7) is 2.35. The maximum absolute atomic E-state index is 12.1. The van der Waals surface area contributed by atoms with Gasteiger partial charge in [0.05, 0.1) is 6.04 Å². The summed E-state index contributed by atoms with van der Waals surface area (Å²) in [6.07, 6.45) is 2.14. The zero-order valence-electron chi connectivity index (χ0n) is 10.5. The lowest BCUT2D eigenvalue weighted by Gasteiger charge is -2.36. The molecule has 1 heterocycles. The van der Waals surface area contributed by atoms with Gasteiger partial charge in [-0.15, -0.1) is 0 Å². The molecule has 6 nitrogen and oxygen atoms in total. The van der Waals surface area contributed by atoms with Crippen molar-refractivity contribution in [2.75, 3.05) is 23.8 Å². The number of hydrogen-bond donors (Lipinski definition) is 2. The molecule has 0 aromatic carbocycles. The van der Waals surface area contributed by atoms with Crippen LogP contribution in [0.3, 0.4) is 0 Å². The highest BCUT2D eigenvalue weighted by atomic mass is 32.2. The molecule has 1 unspecified atom stereocenters. The lowest BCUT2D eigenvalue weighted by atomic mass is 10.5. The van der Waals surface area contributed by atoms with Crippen molar-refractivity contribution in [3.8, 4) is 0 Å². The molecule has 18 heavy (non-hydrogen) atoms. The Hall–Kier alpha value is -0.470. The molecule has 0 aromatic rings. The van der Waals surface area contributed by atoms with Crippen LogP contribution < -0.4 is 11.3 Å². The van der Waals surface area contributed by atoms with Crippen LogP contribution in [0.1, 0.15) is 19.8 Å². The minimum absolute atomic E-state index is 0.149. The van der Waals surface area contributed by atoms with E-state index in [1.54, 1.807) is 18.7 Å². The monoisotopic (exact) mass is 292 g/mol. The summed E-state index contributed by atoms with van der Waals surface area (Å²) < 4.78 is 24.2. The molecule has 2 aliphatic rings. The van der Waals surface area contributed by atoms with Gasteiger partial charge in [0.15, 0.2) is 9.84 Å². The normalized spacial score (nSPS) is 26.2. The highest BCUT2D eigenvalue weighted by molar-refractivity contribution is 8.01. The summed E-state index contributed by atoms with van der Waals surface area (Å²) in [5.41, 5.74) is 2.57. The molecule has 8 heteroatoms. The molecule has 1 aliphatic heterocycles. The lowest BCUT2D eigenvalue weighted by Crippen LogP contribution is -2.56. The van der Waals surface area contributed by atoms with Crippen LogP contribution in [0.4, 0.5) is 0 Å². The van der Waals surface area contributed by atoms with Crippen molar-refractivity contribution >= 4 is 27.6 Å². The van der Waals surface area contributed by atoms with Gasteiger partial charge in [0.2, 0.25) is 5.96 Å². The molecule has 0 bridgehead atoms. The average molecular weight is 292 g/mol. The Labute approximate surface area is 112 Å². The first-order valence-electron chi connectivity index (χ1n) is 6.19. The molecule has 2 fully saturated rings. The van der Waals surface area contributed by atoms with E-state index in [0.29, 0.717) is 24.3 Å². The molecular formula is C10H20N4O2S2. The maximum Gasteiger partial charge on any atom is 0.209 e. The van der Waals surface area contributed by atoms with Crippen molar-refractivity contribution in [3.63, 3.8) is 0 Å². The van der Waals surface area contributed by atoms with Gasteiger partial charge in [-0.3, -0.25) is 5.43 Å². The standard InChI is InChI=1S/C10H20N4O2S2/c1-2-18(15,16)9-7-17-6-5-14(9)10(13-11)12-8-3-4-8/h8-9H,2-7,11H2,1H3,(H,12,13). The molecule has 1 aliphatic carbocycles. The summed E-state index contributed by atoms with van der Waals surface area (Å²) in [5.74, 6) is 7.67. The van der Waals surface area contributed by atoms with Crippen LogP contribution >= 0.6 is 11.8 Å². The van der Waals surface area contributed by atoms with E-state index in [1.165, 1.54) is 0 Å². The van der Waals surface area contributed by atoms with Crippen LogP contribution in [0.25, 0.3) is 0 Å². The van der Waals surface area contributed by atoms with Gasteiger partial charge in [-0.25, -0.2) is 19.3 Å². The van der Waals surface area contributed by atoms with Gasteiger partial charge in [0, 0.05) is 23.8 Å². The molecule has 1 saturated carbocycles. The van der Waals surface area contributed by atoms with Gasteiger partial charge in [0.25, 0.3) is 0 Å². The summed E-state index contributed by atoms with van der Waals surface area (Å²) in [6, 6.07) is 0.315. The van der Waals surface area contributed by atoms with Crippen LogP contribution in [0, 0.1) is 0 Å². The summed E-state index contributed by atoms with van der Waals surface area (Å²) >= 11 is 1.67. The van der Waals surface area contributed by atoms with Crippen LogP contribution in [0.15, 0.2) is 4.99 Å². The Balaban J connectivity index is 2.21. The van der Waals surface area contributed by atoms with E-state index in [1.807, 2.05) is 4.90 Å². The Bertz CT molecular complexity index is 420. The molecule has 104 valence electrons. The predicted molar refractivity (Wildman–Crippen MR) is 75.1 cm³/mol. The van der Waals surface area contributed by atoms with E-state index < -0.39 is 15.2 Å². The molecular weight excluding hydrogens is 272 g/mol. The van der Waals surface area contributed by atoms with Gasteiger partial charge < -0.3 is 4.90 Å². The number of guanidine groups is 1. The van der Waals surface area contributed by atoms with Crippen LogP contribution in [0.2, 0.25) is 0 Å². The fraction of sp³-hybridized carbons (Fsp3) is 0.900. The van der Waals surface area contributed by atoms with Gasteiger partial charge in [-0.05, 0) is 12.8 Å². The van der Waals surface area contributed by atoms with E-state index in [4.69, 9.17) is 5.84 Å². The van der Waals surface area contributed by atoms with Crippen molar-refractivity contribution in [1.29, 1.82) is 0 Å². The number of rotatable bonds is 3. The fourth-order valence-corrected chi connectivity index (χ4v) is 4.85. The predicted octanol–water partition coefficient (Wildman–Crippen LogP) is -0.222. The third-order valence-corrected chi connectivity index (χ3v) is 6.44. The molecule has 3 N–H and O–H groups in total. The van der Waals surface area contributed by atoms with Crippen molar-refractivity contribution in [1.82, 2.24) is 10.3 Å². The van der Waals surface area contributed by atoms with E-state index >= 15 is 0 Å². The van der Waals surface area contributed by atoms with E-state index in [9.17, 15) is 8.42 Å². The first-order valence-corrected chi connectivity index (χ1v) is 9.06. The number of hydrogen-bond acceptors (Lipinski definition) is 5. The van der Waals surface area contributed by atoms with Crippen molar-refractivity contribution in [2.24, 2.45) is 10.8 Å². The van der Waals surface area contributed by atoms with Crippen molar-refractivity contribution < 1.29 is 8.42 Å². The summed E-state index contributed by atoms with van der Waals surface area (Å²) in [5, 5.41) is -0.505. The smallest absolute Gasteiger partial charge is 0.209 e. The molecule has 1 atom stereocenters. The zero-order chi connectivity index (χ0) is 13.2. The van der Waals surface area contributed by atoms with Crippen LogP contribution in [0.5, 0.6) is 0 Å². The second-order valence-electron chi connectivity index (χ2n) is 4.50. The number of nitrogens with two attached hydrogens (primary N) is 1. The topological polar surface area (TPSA) is 87.8 Å². The van der Waals surface area contributed by atoms with Crippen molar-refractivity contribution in [2.45, 2.75) is 31.2 Å². The van der Waals surface area contributed by atoms with E-state index in [-0.39, 0.29) is 5.75 Å². The number of nitrogens with one attached hydrogen (secondary N) is 1. The Morgan fingerprint density at radius 3 is 2.83 bits per heavy atom. The SMILES string of the molecule is CCS(=O)(=O)C1CSCCN1C(=NC1CC1)NN. The van der Waals surface area contributed by atoms with Gasteiger partial charge in [-0.2, -0.15) is 11.8 Å². The maximum atomic E-state index is 12.1. The molecule has 0 spiro atoms. The number of hydrazine groups is 1. The quantitative estimate of drug-likeness (QED) is 0.323. The summed E-state index contributed by atoms with van der Waals surface area (Å²) in [4.78, 5) is 6.27. The third-order valence-electron chi connectivity index (χ3n) is 3.15. The van der Waals surface area contributed by atoms with Crippen LogP contribution in [-0.2, 0) is 9.84 Å². The molecule has 0 amide bonds. The number of thioether (sulfide) groups is 1. The largest absolute Gasteiger partial charge is 0.323 e. The molecule has 0 radical (unpaired) electrons. The minimum atomic E-state index is -3.11. The Kier molecular flexibility index (Phi) is 4.39. The highest BCUT2D eigenvalue weighted by Crippen LogP contribution is 2.26. The fourth-order valence-electron chi connectivity index (χ4n) is 1.88. The highest BCUT2D eigenvalue weighted by Gasteiger charge is 2.35. The Morgan fingerprint density at radius 1 is 1.56 bits per heavy atom. The van der Waals surface area contributed by atoms with E-state index in [0.717, 1.165) is 18.6 Å². The molecule has 0 aromatic heterocycles. The molecule has 2 rings (SSSR count). The van der Waals surface area contributed by atoms with Gasteiger partial charge >= 0.3 is 0 Å². The number of aliphatic imine (C=N–C) groups is 1. The number of sulfone groups is 1. The first kappa shape index (κ1) is 14.0. The van der Waals surface area contributed by atoms with Crippen LogP contribution in [-0.4, -0.2) is 54.5 Å². The Morgan fingerprint density at radius 2 is 2.28 bits per heavy atom. The lowest BCUT2D eigenvalue weighted by molar-refractivity contribution is 0.394. The van der Waals surface area contributed by atoms with Gasteiger partial charge in [0.1, 0.15) is 5.37 Å². The minimum Gasteiger partial charge on any atom is -0.323 e. The second-order valence-corrected chi connectivity index (χ2v) is 8.10.